The lowest BCUT2D eigenvalue weighted by molar-refractivity contribution is -0.665. The molecule has 1 aliphatic heterocycles. The number of hydrogen-bond donors (Lipinski definition) is 0. The zero-order valence-electron chi connectivity index (χ0n) is 26.7. The first-order valence-corrected chi connectivity index (χ1v) is 18.1. The predicted octanol–water partition coefficient (Wildman–Crippen LogP) is 8.72. The number of aromatic nitrogens is 1. The molecule has 0 atom stereocenters. The molecule has 2 heterocycles. The van der Waals surface area contributed by atoms with Crippen molar-refractivity contribution in [1.29, 1.82) is 0 Å². The molecule has 0 N–H and O–H groups in total. The van der Waals surface area contributed by atoms with Crippen molar-refractivity contribution in [1.82, 2.24) is 0 Å². The SMILES string of the molecule is CCN1/C(=C/C2=CC(=C/c3sc4ccccc4[n+]3CC)/CC(C)(C)C2)Sc2ccc(OC)cc21.Cc1ccc(S(=O)(=O)[O-])cc1. The summed E-state index contributed by atoms with van der Waals surface area (Å²) in [5, 5.41) is 2.64. The summed E-state index contributed by atoms with van der Waals surface area (Å²) in [5.41, 5.74) is 6.57. The van der Waals surface area contributed by atoms with E-state index in [4.69, 9.17) is 4.74 Å². The van der Waals surface area contributed by atoms with Crippen molar-refractivity contribution in [2.75, 3.05) is 18.6 Å². The standard InChI is InChI=1S/C29H33N2OS2.C7H8O3S/c1-6-30-23-10-8-9-11-25(23)33-27(30)15-20-14-21(19-29(3,4)18-20)16-28-31(7-2)24-17-22(32-5)12-13-26(24)34-28;1-6-2-4-7(5-3-6)11(8,9)10/h8-17H,6-7,18-19H2,1-5H3;2-5H,1H3,(H,8,9,10)/q+1;/p-1. The van der Waals surface area contributed by atoms with Gasteiger partial charge in [-0.3, -0.25) is 0 Å². The third kappa shape index (κ3) is 7.72. The van der Waals surface area contributed by atoms with Crippen LogP contribution in [0.3, 0.4) is 0 Å². The smallest absolute Gasteiger partial charge is 0.263 e. The van der Waals surface area contributed by atoms with Crippen molar-refractivity contribution in [3.05, 3.63) is 106 Å². The molecule has 0 amide bonds. The second kappa shape index (κ2) is 13.5. The van der Waals surface area contributed by atoms with Gasteiger partial charge in [0.2, 0.25) is 5.52 Å². The summed E-state index contributed by atoms with van der Waals surface area (Å²) in [5.74, 6) is 0.912. The van der Waals surface area contributed by atoms with Crippen molar-refractivity contribution in [2.45, 2.75) is 63.8 Å². The number of nitrogens with zero attached hydrogens (tertiary/aromatic N) is 2. The van der Waals surface area contributed by atoms with Crippen LogP contribution in [0, 0.1) is 12.3 Å². The average molecular weight is 661 g/mol. The van der Waals surface area contributed by atoms with Gasteiger partial charge in [0.15, 0.2) is 0 Å². The molecule has 9 heteroatoms. The minimum atomic E-state index is -4.27. The summed E-state index contributed by atoms with van der Waals surface area (Å²) < 4.78 is 40.4. The molecule has 0 fully saturated rings. The third-order valence-electron chi connectivity index (χ3n) is 7.87. The Morgan fingerprint density at radius 1 is 1.02 bits per heavy atom. The van der Waals surface area contributed by atoms with E-state index >= 15 is 0 Å². The number of benzene rings is 3. The van der Waals surface area contributed by atoms with Gasteiger partial charge < -0.3 is 14.2 Å². The number of aryl methyl sites for hydroxylation is 2. The fraction of sp³-hybridized carbons (Fsp3) is 0.306. The number of allylic oxidation sites excluding steroid dienone is 4. The largest absolute Gasteiger partial charge is 0.744 e. The highest BCUT2D eigenvalue weighted by atomic mass is 32.2. The Kier molecular flexibility index (Phi) is 9.94. The quantitative estimate of drug-likeness (QED) is 0.152. The van der Waals surface area contributed by atoms with Gasteiger partial charge in [0.1, 0.15) is 27.1 Å². The predicted molar refractivity (Wildman–Crippen MR) is 186 cm³/mol. The highest BCUT2D eigenvalue weighted by molar-refractivity contribution is 8.03. The van der Waals surface area contributed by atoms with Gasteiger partial charge in [0, 0.05) is 29.6 Å². The van der Waals surface area contributed by atoms with Gasteiger partial charge in [-0.1, -0.05) is 72.9 Å². The molecule has 1 aromatic heterocycles. The van der Waals surface area contributed by atoms with Gasteiger partial charge in [0.25, 0.3) is 5.01 Å². The lowest BCUT2D eigenvalue weighted by atomic mass is 9.75. The minimum Gasteiger partial charge on any atom is -0.744 e. The molecule has 4 aromatic rings. The van der Waals surface area contributed by atoms with Gasteiger partial charge in [-0.2, -0.15) is 4.57 Å². The number of ether oxygens (including phenoxy) is 1. The van der Waals surface area contributed by atoms with E-state index in [1.807, 2.05) is 30.0 Å². The van der Waals surface area contributed by atoms with E-state index in [0.29, 0.717) is 0 Å². The van der Waals surface area contributed by atoms with E-state index in [1.54, 1.807) is 19.2 Å². The molecule has 236 valence electrons. The zero-order chi connectivity index (χ0) is 32.4. The van der Waals surface area contributed by atoms with Crippen LogP contribution in [0.1, 0.15) is 51.1 Å². The summed E-state index contributed by atoms with van der Waals surface area (Å²) in [6, 6.07) is 20.9. The maximum absolute atomic E-state index is 10.4. The van der Waals surface area contributed by atoms with Crippen molar-refractivity contribution < 1.29 is 22.3 Å². The third-order valence-corrected chi connectivity index (χ3v) is 10.9. The van der Waals surface area contributed by atoms with E-state index in [0.717, 1.165) is 37.2 Å². The van der Waals surface area contributed by atoms with Crippen LogP contribution in [0.25, 0.3) is 16.3 Å². The van der Waals surface area contributed by atoms with Crippen LogP contribution < -0.4 is 14.2 Å². The molecule has 6 rings (SSSR count). The summed E-state index contributed by atoms with van der Waals surface area (Å²) in [4.78, 5) is 3.53. The number of thiazole rings is 1. The summed E-state index contributed by atoms with van der Waals surface area (Å²) in [6.45, 7) is 13.0. The van der Waals surface area contributed by atoms with Crippen LogP contribution in [-0.4, -0.2) is 26.6 Å². The van der Waals surface area contributed by atoms with Crippen LogP contribution in [0.5, 0.6) is 5.75 Å². The maximum atomic E-state index is 10.4. The van der Waals surface area contributed by atoms with Crippen LogP contribution in [0.15, 0.2) is 105 Å². The molecule has 2 aliphatic rings. The maximum Gasteiger partial charge on any atom is 0.263 e. The summed E-state index contributed by atoms with van der Waals surface area (Å²) >= 11 is 3.76. The fourth-order valence-corrected chi connectivity index (χ4v) is 8.70. The second-order valence-electron chi connectivity index (χ2n) is 12.0. The van der Waals surface area contributed by atoms with E-state index in [9.17, 15) is 13.0 Å². The number of anilines is 1. The normalized spacial score (nSPS) is 17.7. The molecule has 0 bridgehead atoms. The number of fused-ring (bicyclic) bond motifs is 2. The van der Waals surface area contributed by atoms with Crippen LogP contribution >= 0.6 is 23.1 Å². The lowest BCUT2D eigenvalue weighted by Crippen LogP contribution is -2.33. The second-order valence-corrected chi connectivity index (χ2v) is 15.5. The van der Waals surface area contributed by atoms with E-state index in [2.05, 4.69) is 97.9 Å². The molecule has 0 saturated carbocycles. The Balaban J connectivity index is 0.000000309. The molecular formula is C36H40N2O4S3. The number of rotatable bonds is 6. The molecule has 45 heavy (non-hydrogen) atoms. The fourth-order valence-electron chi connectivity index (χ4n) is 5.84. The van der Waals surface area contributed by atoms with Gasteiger partial charge in [-0.05, 0) is 86.6 Å². The highest BCUT2D eigenvalue weighted by Crippen LogP contribution is 2.49. The van der Waals surface area contributed by atoms with Gasteiger partial charge in [0.05, 0.1) is 22.7 Å². The lowest BCUT2D eigenvalue weighted by Gasteiger charge is -2.31. The molecule has 3 aromatic carbocycles. The molecule has 0 spiro atoms. The average Bonchev–Trinajstić information content (AvgIpc) is 3.52. The molecule has 6 nitrogen and oxygen atoms in total. The Morgan fingerprint density at radius 2 is 1.76 bits per heavy atom. The Morgan fingerprint density at radius 3 is 2.42 bits per heavy atom. The first kappa shape index (κ1) is 33.0. The Bertz CT molecular complexity index is 1900. The summed E-state index contributed by atoms with van der Waals surface area (Å²) in [7, 11) is -2.53. The van der Waals surface area contributed by atoms with Crippen molar-refractivity contribution in [2.24, 2.45) is 5.41 Å². The zero-order valence-corrected chi connectivity index (χ0v) is 29.1. The van der Waals surface area contributed by atoms with Gasteiger partial charge in [-0.15, -0.1) is 0 Å². The molecule has 0 saturated heterocycles. The first-order valence-electron chi connectivity index (χ1n) is 15.1. The van der Waals surface area contributed by atoms with E-state index in [1.165, 1.54) is 54.1 Å². The molecular weight excluding hydrogens is 621 g/mol. The van der Waals surface area contributed by atoms with Gasteiger partial charge >= 0.3 is 0 Å². The number of hydrogen-bond acceptors (Lipinski definition) is 7. The van der Waals surface area contributed by atoms with Crippen molar-refractivity contribution >= 4 is 55.2 Å². The number of thioether (sulfide) groups is 1. The van der Waals surface area contributed by atoms with Gasteiger partial charge in [-0.25, -0.2) is 8.42 Å². The first-order chi connectivity index (χ1) is 21.4. The monoisotopic (exact) mass is 660 g/mol. The van der Waals surface area contributed by atoms with E-state index < -0.39 is 10.1 Å². The highest BCUT2D eigenvalue weighted by Gasteiger charge is 2.29. The van der Waals surface area contributed by atoms with Crippen LogP contribution in [0.2, 0.25) is 0 Å². The summed E-state index contributed by atoms with van der Waals surface area (Å²) in [6.07, 6.45) is 9.45. The van der Waals surface area contributed by atoms with Crippen molar-refractivity contribution in [3.8, 4) is 5.75 Å². The van der Waals surface area contributed by atoms with Crippen LogP contribution in [-0.2, 0) is 16.7 Å². The minimum absolute atomic E-state index is 0.178. The van der Waals surface area contributed by atoms with E-state index in [-0.39, 0.29) is 10.3 Å². The number of methoxy groups -OCH3 is 1. The molecule has 0 radical (unpaired) electrons. The van der Waals surface area contributed by atoms with Crippen LogP contribution in [0.4, 0.5) is 5.69 Å². The topological polar surface area (TPSA) is 73.5 Å². The Hall–Kier alpha value is -3.37. The molecule has 0 unspecified atom stereocenters. The Labute approximate surface area is 275 Å². The molecule has 1 aliphatic carbocycles. The van der Waals surface area contributed by atoms with Crippen molar-refractivity contribution in [3.63, 3.8) is 0 Å². The number of para-hydroxylation sites is 1.